The zero-order chi connectivity index (χ0) is 19.6. The summed E-state index contributed by atoms with van der Waals surface area (Å²) < 4.78 is 36.0. The Morgan fingerprint density at radius 1 is 1.30 bits per heavy atom. The quantitative estimate of drug-likeness (QED) is 0.628. The van der Waals surface area contributed by atoms with Gasteiger partial charge in [0.25, 0.3) is 5.91 Å². The number of ether oxygens (including phenoxy) is 1. The minimum absolute atomic E-state index is 0.0680. The number of methoxy groups -OCH3 is 1. The summed E-state index contributed by atoms with van der Waals surface area (Å²) in [6.45, 7) is 1.97. The lowest BCUT2D eigenvalue weighted by atomic mass is 10.1. The molecule has 27 heavy (non-hydrogen) atoms. The molecule has 1 N–H and O–H groups in total. The van der Waals surface area contributed by atoms with Gasteiger partial charge in [-0.3, -0.25) is 4.79 Å². The van der Waals surface area contributed by atoms with Gasteiger partial charge in [-0.05, 0) is 36.2 Å². The molecule has 0 fully saturated rings. The Morgan fingerprint density at radius 3 is 2.70 bits per heavy atom. The second kappa shape index (κ2) is 7.67. The maximum atomic E-state index is 12.1. The van der Waals surface area contributed by atoms with E-state index >= 15 is 0 Å². The normalized spacial score (nSPS) is 11.0. The van der Waals surface area contributed by atoms with Crippen LogP contribution in [0.3, 0.4) is 0 Å². The van der Waals surface area contributed by atoms with Gasteiger partial charge in [0.1, 0.15) is 11.4 Å². The molecule has 1 heterocycles. The van der Waals surface area contributed by atoms with Gasteiger partial charge in [-0.25, -0.2) is 12.7 Å². The third-order valence-electron chi connectivity index (χ3n) is 4.19. The number of aryl methyl sites for hydroxylation is 1. The summed E-state index contributed by atoms with van der Waals surface area (Å²) in [4.78, 5) is 12.0. The lowest BCUT2D eigenvalue weighted by molar-refractivity contribution is 0.0963. The molecule has 0 atom stereocenters. The highest BCUT2D eigenvalue weighted by Gasteiger charge is 2.25. The summed E-state index contributed by atoms with van der Waals surface area (Å²) in [6, 6.07) is 10.2. The monoisotopic (exact) mass is 389 g/mol. The zero-order valence-electron chi connectivity index (χ0n) is 15.1. The van der Waals surface area contributed by atoms with Crippen molar-refractivity contribution in [3.8, 4) is 5.75 Å². The van der Waals surface area contributed by atoms with Crippen molar-refractivity contribution in [2.75, 3.05) is 18.5 Å². The molecule has 3 rings (SSSR count). The highest BCUT2D eigenvalue weighted by Crippen LogP contribution is 2.38. The van der Waals surface area contributed by atoms with Crippen LogP contribution in [0, 0.1) is 0 Å². The summed E-state index contributed by atoms with van der Waals surface area (Å²) in [7, 11) is -0.138. The number of benzene rings is 2. The van der Waals surface area contributed by atoms with Gasteiger partial charge in [0, 0.05) is 7.05 Å². The Kier molecular flexibility index (Phi) is 5.31. The van der Waals surface area contributed by atoms with Crippen LogP contribution in [0.15, 0.2) is 40.9 Å². The van der Waals surface area contributed by atoms with Crippen molar-refractivity contribution in [1.29, 1.82) is 0 Å². The Labute approximate surface area is 157 Å². The molecule has 142 valence electrons. The number of amides is 1. The minimum Gasteiger partial charge on any atom is -0.495 e. The van der Waals surface area contributed by atoms with Gasteiger partial charge >= 0.3 is 0 Å². The van der Waals surface area contributed by atoms with Gasteiger partial charge < -0.3 is 14.6 Å². The number of nitrogens with one attached hydrogen (secondary N) is 1. The smallest absolute Gasteiger partial charge is 0.254 e. The number of aromatic nitrogens is 1. The summed E-state index contributed by atoms with van der Waals surface area (Å²) in [5.41, 5.74) is 1.74. The van der Waals surface area contributed by atoms with E-state index in [0.717, 1.165) is 16.3 Å². The highest BCUT2D eigenvalue weighted by molar-refractivity contribution is 7.74. The fourth-order valence-corrected chi connectivity index (χ4v) is 3.45. The minimum atomic E-state index is -3.10. The fourth-order valence-electron chi connectivity index (χ4n) is 2.82. The Hall–Kier alpha value is -3.07. The molecule has 9 heteroatoms. The molecule has 0 aliphatic rings. The number of carbonyl (C=O) groups is 1. The predicted molar refractivity (Wildman–Crippen MR) is 102 cm³/mol. The molecule has 0 aliphatic heterocycles. The lowest BCUT2D eigenvalue weighted by Crippen LogP contribution is -2.18. The lowest BCUT2D eigenvalue weighted by Gasteiger charge is -2.18. The molecule has 0 saturated heterocycles. The maximum Gasteiger partial charge on any atom is 0.254 e. The molecule has 0 spiro atoms. The first kappa shape index (κ1) is 18.7. The number of fused-ring (bicyclic) bond motifs is 1. The highest BCUT2D eigenvalue weighted by atomic mass is 32.2. The average Bonchev–Trinajstić information content (AvgIpc) is 3.11. The van der Waals surface area contributed by atoms with Crippen molar-refractivity contribution in [3.05, 3.63) is 47.5 Å². The van der Waals surface area contributed by atoms with Gasteiger partial charge in [-0.1, -0.05) is 24.2 Å². The molecule has 1 aromatic heterocycles. The van der Waals surface area contributed by atoms with Gasteiger partial charge in [0.05, 0.1) is 18.1 Å². The van der Waals surface area contributed by atoms with E-state index in [0.29, 0.717) is 16.8 Å². The molecule has 1 amide bonds. The Balaban J connectivity index is 2.25. The molecule has 3 aromatic rings. The molecule has 0 unspecified atom stereocenters. The number of nitrogens with zero attached hydrogens (tertiary/aromatic N) is 2. The van der Waals surface area contributed by atoms with Crippen LogP contribution in [-0.4, -0.2) is 33.6 Å². The summed E-state index contributed by atoms with van der Waals surface area (Å²) in [5, 5.41) is 6.86. The molecule has 2 aromatic carbocycles. The first-order chi connectivity index (χ1) is 13.0. The van der Waals surface area contributed by atoms with Gasteiger partial charge in [-0.2, -0.15) is 0 Å². The fraction of sp³-hybridized carbons (Fsp3) is 0.222. The number of hydrogen-bond acceptors (Lipinski definition) is 6. The van der Waals surface area contributed by atoms with Crippen molar-refractivity contribution in [2.24, 2.45) is 0 Å². The number of thiol groups is 1. The second-order valence-electron chi connectivity index (χ2n) is 5.68. The van der Waals surface area contributed by atoms with Gasteiger partial charge in [0.2, 0.25) is 10.9 Å². The van der Waals surface area contributed by atoms with E-state index in [9.17, 15) is 13.2 Å². The molecule has 0 aliphatic carbocycles. The van der Waals surface area contributed by atoms with E-state index in [1.807, 2.05) is 13.0 Å². The molecule has 0 radical (unpaired) electrons. The number of anilines is 2. The van der Waals surface area contributed by atoms with Crippen LogP contribution in [0.1, 0.15) is 22.8 Å². The van der Waals surface area contributed by atoms with Crippen LogP contribution in [-0.2, 0) is 17.3 Å². The number of carbonyl (C=O) groups excluding carboxylic acids is 1. The predicted octanol–water partition coefficient (Wildman–Crippen LogP) is 2.42. The molecule has 8 nitrogen and oxygen atoms in total. The molecule has 0 bridgehead atoms. The largest absolute Gasteiger partial charge is 0.495 e. The Morgan fingerprint density at radius 2 is 2.07 bits per heavy atom. The van der Waals surface area contributed by atoms with Crippen LogP contribution in [0.4, 0.5) is 11.5 Å². The number of rotatable bonds is 6. The first-order valence-electron chi connectivity index (χ1n) is 8.23. The van der Waals surface area contributed by atoms with E-state index in [1.165, 1.54) is 14.2 Å². The zero-order valence-corrected chi connectivity index (χ0v) is 15.9. The van der Waals surface area contributed by atoms with E-state index in [-0.39, 0.29) is 22.9 Å². The van der Waals surface area contributed by atoms with Crippen molar-refractivity contribution < 1.29 is 22.5 Å². The van der Waals surface area contributed by atoms with Crippen LogP contribution < -0.4 is 14.4 Å². The van der Waals surface area contributed by atoms with Crippen LogP contribution in [0.25, 0.3) is 11.0 Å². The van der Waals surface area contributed by atoms with Crippen LogP contribution >= 0.6 is 0 Å². The van der Waals surface area contributed by atoms with E-state index < -0.39 is 10.9 Å². The third-order valence-corrected chi connectivity index (χ3v) is 4.93. The van der Waals surface area contributed by atoms with Crippen LogP contribution in [0.2, 0.25) is 0 Å². The maximum absolute atomic E-state index is 12.1. The van der Waals surface area contributed by atoms with Gasteiger partial charge in [-0.15, -0.1) is 0 Å². The third kappa shape index (κ3) is 3.33. The van der Waals surface area contributed by atoms with Gasteiger partial charge in [0.15, 0.2) is 11.4 Å². The standard InChI is InChI=1S/C18H19N3O5S/c1-4-11-8-9-15(25-3)14(10-11)21(27(23)24)17-12-6-5-7-13(18(22)19-2)16(12)26-20-17/h5-10,27H,4H2,1-3H3,(H,19,22). The molecular formula is C18H19N3O5S. The summed E-state index contributed by atoms with van der Waals surface area (Å²) >= 11 is 0. The van der Waals surface area contributed by atoms with Crippen molar-refractivity contribution in [1.82, 2.24) is 10.5 Å². The van der Waals surface area contributed by atoms with E-state index in [4.69, 9.17) is 9.26 Å². The van der Waals surface area contributed by atoms with Crippen LogP contribution in [0.5, 0.6) is 5.75 Å². The first-order valence-corrected chi connectivity index (χ1v) is 9.36. The van der Waals surface area contributed by atoms with E-state index in [2.05, 4.69) is 10.5 Å². The summed E-state index contributed by atoms with van der Waals surface area (Å²) in [5.74, 6) is 0.0929. The molecular weight excluding hydrogens is 370 g/mol. The Bertz CT molecular complexity index is 1070. The van der Waals surface area contributed by atoms with Crippen molar-refractivity contribution in [2.45, 2.75) is 13.3 Å². The molecule has 0 saturated carbocycles. The second-order valence-corrected chi connectivity index (χ2v) is 6.55. The number of para-hydroxylation sites is 1. The average molecular weight is 389 g/mol. The van der Waals surface area contributed by atoms with Crippen molar-refractivity contribution in [3.63, 3.8) is 0 Å². The SMILES string of the molecule is CCc1ccc(OC)c(N(c2noc3c(C(=O)NC)cccc23)[SH](=O)=O)c1. The summed E-state index contributed by atoms with van der Waals surface area (Å²) in [6.07, 6.45) is 0.723. The number of hydrogen-bond donors (Lipinski definition) is 2. The topological polar surface area (TPSA) is 102 Å². The van der Waals surface area contributed by atoms with E-state index in [1.54, 1.807) is 30.3 Å². The van der Waals surface area contributed by atoms with Crippen molar-refractivity contribution >= 4 is 39.3 Å².